The van der Waals surface area contributed by atoms with Crippen molar-refractivity contribution in [2.75, 3.05) is 6.61 Å². The van der Waals surface area contributed by atoms with Crippen LogP contribution in [0.3, 0.4) is 0 Å². The van der Waals surface area contributed by atoms with Gasteiger partial charge in [0.15, 0.2) is 0 Å². The number of halogens is 1. The highest BCUT2D eigenvalue weighted by atomic mass is 19.1. The molecule has 1 aliphatic heterocycles. The minimum atomic E-state index is -0.320. The second-order valence-electron chi connectivity index (χ2n) is 9.45. The van der Waals surface area contributed by atoms with Gasteiger partial charge in [0.1, 0.15) is 12.0 Å². The molecule has 1 saturated heterocycles. The van der Waals surface area contributed by atoms with E-state index in [2.05, 4.69) is 32.2 Å². The molecule has 4 rings (SSSR count). The molecule has 0 radical (unpaired) electrons. The summed E-state index contributed by atoms with van der Waals surface area (Å²) in [5.74, 6) is 3.10. The van der Waals surface area contributed by atoms with Crippen molar-refractivity contribution >= 4 is 0 Å². The second-order valence-corrected chi connectivity index (χ2v) is 9.45. The summed E-state index contributed by atoms with van der Waals surface area (Å²) < 4.78 is 20.5. The summed E-state index contributed by atoms with van der Waals surface area (Å²) in [6, 6.07) is 5.87. The van der Waals surface area contributed by atoms with Gasteiger partial charge in [-0.1, -0.05) is 25.5 Å². The lowest BCUT2D eigenvalue weighted by molar-refractivity contribution is 0.0959. The molecule has 2 saturated carbocycles. The minimum absolute atomic E-state index is 0.0910. The maximum absolute atomic E-state index is 14.8. The quantitative estimate of drug-likeness (QED) is 0.759. The molecule has 25 heavy (non-hydrogen) atoms. The van der Waals surface area contributed by atoms with Crippen molar-refractivity contribution in [3.63, 3.8) is 0 Å². The zero-order valence-corrected chi connectivity index (χ0v) is 15.9. The Labute approximate surface area is 151 Å². The summed E-state index contributed by atoms with van der Waals surface area (Å²) in [7, 11) is 0. The molecular formula is C22H32FNO. The highest BCUT2D eigenvalue weighted by Crippen LogP contribution is 2.47. The van der Waals surface area contributed by atoms with Crippen LogP contribution in [0.5, 0.6) is 0 Å². The highest BCUT2D eigenvalue weighted by Gasteiger charge is 2.36. The van der Waals surface area contributed by atoms with Crippen molar-refractivity contribution in [3.8, 4) is 0 Å². The average molecular weight is 346 g/mol. The summed E-state index contributed by atoms with van der Waals surface area (Å²) in [5.41, 5.74) is 1.75. The first-order chi connectivity index (χ1) is 11.9. The topological polar surface area (TPSA) is 21.3 Å². The molecule has 1 heterocycles. The third-order valence-electron chi connectivity index (χ3n) is 6.79. The third-order valence-corrected chi connectivity index (χ3v) is 6.79. The monoisotopic (exact) mass is 345 g/mol. The molecule has 2 aliphatic carbocycles. The Hall–Kier alpha value is -0.930. The van der Waals surface area contributed by atoms with Gasteiger partial charge in [0.25, 0.3) is 0 Å². The molecule has 5 atom stereocenters. The summed E-state index contributed by atoms with van der Waals surface area (Å²) >= 11 is 0. The molecule has 2 nitrogen and oxygen atoms in total. The van der Waals surface area contributed by atoms with E-state index in [1.54, 1.807) is 6.07 Å². The average Bonchev–Trinajstić information content (AvgIpc) is 2.94. The van der Waals surface area contributed by atoms with Crippen molar-refractivity contribution in [1.29, 1.82) is 0 Å². The molecule has 3 heteroatoms. The standard InChI is InChI=1S/C22H32FNO/c1-14-4-5-16-11-17(7-6-15(16)10-14)18-8-9-19(20(23)12-18)21-24-22(2,3)13-25-21/h8-9,12,14-17,21,24H,4-7,10-11,13H2,1-3H3. The largest absolute Gasteiger partial charge is 0.357 e. The van der Waals surface area contributed by atoms with Gasteiger partial charge in [0, 0.05) is 11.1 Å². The van der Waals surface area contributed by atoms with Crippen LogP contribution < -0.4 is 5.32 Å². The Kier molecular flexibility index (Phi) is 4.66. The summed E-state index contributed by atoms with van der Waals surface area (Å²) in [6.45, 7) is 7.19. The van der Waals surface area contributed by atoms with E-state index in [0.717, 1.165) is 17.8 Å². The van der Waals surface area contributed by atoms with Gasteiger partial charge in [-0.2, -0.15) is 0 Å². The first-order valence-corrected chi connectivity index (χ1v) is 10.1. The van der Waals surface area contributed by atoms with Crippen LogP contribution in [0.15, 0.2) is 18.2 Å². The normalized spacial score (nSPS) is 37.7. The smallest absolute Gasteiger partial charge is 0.137 e. The second kappa shape index (κ2) is 6.66. The highest BCUT2D eigenvalue weighted by molar-refractivity contribution is 5.29. The van der Waals surface area contributed by atoms with Crippen molar-refractivity contribution in [3.05, 3.63) is 35.1 Å². The Morgan fingerprint density at radius 3 is 2.56 bits per heavy atom. The van der Waals surface area contributed by atoms with Gasteiger partial charge >= 0.3 is 0 Å². The van der Waals surface area contributed by atoms with Crippen LogP contribution in [0, 0.1) is 23.6 Å². The van der Waals surface area contributed by atoms with Crippen molar-refractivity contribution in [2.45, 2.75) is 77.0 Å². The molecule has 0 spiro atoms. The first-order valence-electron chi connectivity index (χ1n) is 10.1. The first kappa shape index (κ1) is 17.5. The van der Waals surface area contributed by atoms with E-state index in [1.165, 1.54) is 44.1 Å². The molecule has 0 aromatic heterocycles. The van der Waals surface area contributed by atoms with Crippen LogP contribution in [0.25, 0.3) is 0 Å². The Morgan fingerprint density at radius 1 is 1.08 bits per heavy atom. The number of fused-ring (bicyclic) bond motifs is 1. The fourth-order valence-corrected chi connectivity index (χ4v) is 5.33. The number of ether oxygens (including phenoxy) is 1. The number of hydrogen-bond acceptors (Lipinski definition) is 2. The minimum Gasteiger partial charge on any atom is -0.357 e. The molecule has 5 unspecified atom stereocenters. The van der Waals surface area contributed by atoms with E-state index in [0.29, 0.717) is 18.1 Å². The van der Waals surface area contributed by atoms with Crippen LogP contribution >= 0.6 is 0 Å². The number of hydrogen-bond donors (Lipinski definition) is 1. The van der Waals surface area contributed by atoms with E-state index in [4.69, 9.17) is 4.74 Å². The van der Waals surface area contributed by atoms with Crippen molar-refractivity contribution < 1.29 is 9.13 Å². The van der Waals surface area contributed by atoms with Gasteiger partial charge in [-0.25, -0.2) is 4.39 Å². The van der Waals surface area contributed by atoms with E-state index in [9.17, 15) is 4.39 Å². The van der Waals surface area contributed by atoms with E-state index in [-0.39, 0.29) is 17.6 Å². The number of rotatable bonds is 2. The van der Waals surface area contributed by atoms with Gasteiger partial charge < -0.3 is 4.74 Å². The Morgan fingerprint density at radius 2 is 1.84 bits per heavy atom. The SMILES string of the molecule is CC1CCC2CC(c3ccc(C4NC(C)(C)CO4)c(F)c3)CCC2C1. The molecule has 0 amide bonds. The van der Waals surface area contributed by atoms with E-state index >= 15 is 0 Å². The zero-order chi connectivity index (χ0) is 17.6. The van der Waals surface area contributed by atoms with Crippen LogP contribution in [-0.4, -0.2) is 12.1 Å². The van der Waals surface area contributed by atoms with Crippen LogP contribution in [-0.2, 0) is 4.74 Å². The molecule has 1 aromatic carbocycles. The molecule has 1 aromatic rings. The van der Waals surface area contributed by atoms with Gasteiger partial charge in [0.2, 0.25) is 0 Å². The van der Waals surface area contributed by atoms with Crippen LogP contribution in [0.2, 0.25) is 0 Å². The third kappa shape index (κ3) is 3.64. The lowest BCUT2D eigenvalue weighted by Gasteiger charge is -2.41. The molecule has 0 bridgehead atoms. The molecular weight excluding hydrogens is 313 g/mol. The molecule has 1 N–H and O–H groups in total. The van der Waals surface area contributed by atoms with Crippen molar-refractivity contribution in [2.24, 2.45) is 17.8 Å². The fraction of sp³-hybridized carbons (Fsp3) is 0.727. The predicted octanol–water partition coefficient (Wildman–Crippen LogP) is 5.54. The number of benzene rings is 1. The Balaban J connectivity index is 1.46. The lowest BCUT2D eigenvalue weighted by Crippen LogP contribution is -2.36. The summed E-state index contributed by atoms with van der Waals surface area (Å²) in [5, 5.41) is 3.37. The molecule has 3 fully saturated rings. The van der Waals surface area contributed by atoms with E-state index < -0.39 is 0 Å². The van der Waals surface area contributed by atoms with Gasteiger partial charge in [-0.15, -0.1) is 0 Å². The van der Waals surface area contributed by atoms with Gasteiger partial charge in [-0.3, -0.25) is 5.32 Å². The molecule has 3 aliphatic rings. The predicted molar refractivity (Wildman–Crippen MR) is 98.9 cm³/mol. The zero-order valence-electron chi connectivity index (χ0n) is 15.9. The summed E-state index contributed by atoms with van der Waals surface area (Å²) in [6.07, 6.45) is 7.63. The van der Waals surface area contributed by atoms with Crippen LogP contribution in [0.4, 0.5) is 4.39 Å². The maximum atomic E-state index is 14.8. The van der Waals surface area contributed by atoms with Gasteiger partial charge in [0.05, 0.1) is 6.61 Å². The van der Waals surface area contributed by atoms with Gasteiger partial charge in [-0.05, 0) is 81.3 Å². The number of nitrogens with one attached hydrogen (secondary N) is 1. The van der Waals surface area contributed by atoms with E-state index in [1.807, 2.05) is 6.07 Å². The fourth-order valence-electron chi connectivity index (χ4n) is 5.33. The van der Waals surface area contributed by atoms with Crippen molar-refractivity contribution in [1.82, 2.24) is 5.32 Å². The van der Waals surface area contributed by atoms with Crippen LogP contribution in [0.1, 0.15) is 82.6 Å². The lowest BCUT2D eigenvalue weighted by atomic mass is 9.64. The summed E-state index contributed by atoms with van der Waals surface area (Å²) in [4.78, 5) is 0. The molecule has 138 valence electrons. The maximum Gasteiger partial charge on any atom is 0.137 e. The Bertz CT molecular complexity index is 628.